The Morgan fingerprint density at radius 2 is 1.47 bits per heavy atom. The molecule has 206 valence electrons. The van der Waals surface area contributed by atoms with E-state index in [1.807, 2.05) is 76.2 Å². The number of nitrogens with one attached hydrogen (secondary N) is 3. The van der Waals surface area contributed by atoms with Crippen molar-refractivity contribution in [3.05, 3.63) is 48.5 Å². The number of amides is 5. The summed E-state index contributed by atoms with van der Waals surface area (Å²) in [5.74, 6) is 0.496. The summed E-state index contributed by atoms with van der Waals surface area (Å²) in [5, 5.41) is 8.72. The van der Waals surface area contributed by atoms with Crippen molar-refractivity contribution in [1.29, 1.82) is 0 Å². The van der Waals surface area contributed by atoms with Crippen LogP contribution in [-0.2, 0) is 4.79 Å². The molecule has 0 aromatic heterocycles. The topological polar surface area (TPSA) is 106 Å². The molecule has 5 amide bonds. The van der Waals surface area contributed by atoms with Gasteiger partial charge in [0.05, 0.1) is 7.11 Å². The van der Waals surface area contributed by atoms with Gasteiger partial charge in [-0.25, -0.2) is 9.59 Å². The Hall–Kier alpha value is -3.95. The number of carbonyl (C=O) groups is 3. The minimum absolute atomic E-state index is 0.0158. The van der Waals surface area contributed by atoms with Gasteiger partial charge in [0.25, 0.3) is 0 Å². The Morgan fingerprint density at radius 3 is 2.03 bits per heavy atom. The molecule has 3 N–H and O–H groups in total. The van der Waals surface area contributed by atoms with E-state index in [-0.39, 0.29) is 30.1 Å². The molecular formula is C28H40N6O4. The van der Waals surface area contributed by atoms with Gasteiger partial charge in [0.1, 0.15) is 12.3 Å². The maximum absolute atomic E-state index is 12.6. The van der Waals surface area contributed by atoms with Crippen LogP contribution in [0.25, 0.3) is 0 Å². The van der Waals surface area contributed by atoms with E-state index in [0.717, 1.165) is 23.5 Å². The molecule has 0 atom stereocenters. The summed E-state index contributed by atoms with van der Waals surface area (Å²) in [6.45, 7) is 10.8. The Kier molecular flexibility index (Phi) is 9.81. The molecular weight excluding hydrogens is 484 g/mol. The second-order valence-electron chi connectivity index (χ2n) is 10.3. The van der Waals surface area contributed by atoms with Crippen molar-refractivity contribution in [1.82, 2.24) is 15.1 Å². The molecule has 2 aromatic rings. The Labute approximate surface area is 225 Å². The van der Waals surface area contributed by atoms with E-state index in [9.17, 15) is 14.4 Å². The number of carbonyl (C=O) groups excluding carboxylic acids is 3. The highest BCUT2D eigenvalue weighted by atomic mass is 16.5. The molecule has 1 aliphatic rings. The third kappa shape index (κ3) is 8.57. The fourth-order valence-corrected chi connectivity index (χ4v) is 4.10. The number of hydrogen-bond donors (Lipinski definition) is 3. The predicted molar refractivity (Wildman–Crippen MR) is 151 cm³/mol. The summed E-state index contributed by atoms with van der Waals surface area (Å²) < 4.78 is 5.15. The summed E-state index contributed by atoms with van der Waals surface area (Å²) in [5.41, 5.74) is 2.05. The average molecular weight is 525 g/mol. The Balaban J connectivity index is 1.48. The van der Waals surface area contributed by atoms with Crippen LogP contribution in [0.5, 0.6) is 5.75 Å². The maximum Gasteiger partial charge on any atom is 0.321 e. The summed E-state index contributed by atoms with van der Waals surface area (Å²) in [7, 11) is 1.61. The summed E-state index contributed by atoms with van der Waals surface area (Å²) in [6.07, 6.45) is 0.760. The van der Waals surface area contributed by atoms with Crippen LogP contribution in [-0.4, -0.2) is 79.7 Å². The van der Waals surface area contributed by atoms with Gasteiger partial charge in [0, 0.05) is 55.3 Å². The number of nitrogens with zero attached hydrogens (tertiary/aromatic N) is 3. The van der Waals surface area contributed by atoms with Crippen LogP contribution in [0.15, 0.2) is 48.5 Å². The van der Waals surface area contributed by atoms with Crippen molar-refractivity contribution in [3.63, 3.8) is 0 Å². The fourth-order valence-electron chi connectivity index (χ4n) is 4.10. The molecule has 0 saturated carbocycles. The lowest BCUT2D eigenvalue weighted by Crippen LogP contribution is -2.50. The van der Waals surface area contributed by atoms with E-state index in [4.69, 9.17) is 4.74 Å². The normalized spacial score (nSPS) is 13.5. The number of hydrogen-bond acceptors (Lipinski definition) is 5. The van der Waals surface area contributed by atoms with Crippen LogP contribution in [0.4, 0.5) is 26.7 Å². The minimum atomic E-state index is -0.374. The monoisotopic (exact) mass is 524 g/mol. The van der Waals surface area contributed by atoms with Gasteiger partial charge in [-0.2, -0.15) is 0 Å². The van der Waals surface area contributed by atoms with E-state index in [0.29, 0.717) is 38.4 Å². The van der Waals surface area contributed by atoms with Crippen LogP contribution in [0.2, 0.25) is 0 Å². The van der Waals surface area contributed by atoms with E-state index < -0.39 is 0 Å². The maximum atomic E-state index is 12.6. The Bertz CT molecular complexity index is 1070. The van der Waals surface area contributed by atoms with E-state index >= 15 is 0 Å². The number of piperazine rings is 1. The molecule has 1 fully saturated rings. The van der Waals surface area contributed by atoms with Crippen molar-refractivity contribution >= 4 is 35.0 Å². The van der Waals surface area contributed by atoms with Gasteiger partial charge in [-0.05, 0) is 75.7 Å². The molecule has 1 heterocycles. The molecule has 1 aliphatic heterocycles. The lowest BCUT2D eigenvalue weighted by atomic mass is 10.1. The van der Waals surface area contributed by atoms with Crippen molar-refractivity contribution < 1.29 is 19.1 Å². The van der Waals surface area contributed by atoms with Crippen molar-refractivity contribution in [2.24, 2.45) is 0 Å². The molecule has 0 aliphatic carbocycles. The van der Waals surface area contributed by atoms with E-state index in [1.54, 1.807) is 12.0 Å². The molecule has 1 saturated heterocycles. The van der Waals surface area contributed by atoms with Crippen molar-refractivity contribution in [2.75, 3.05) is 61.9 Å². The lowest BCUT2D eigenvalue weighted by molar-refractivity contribution is -0.116. The van der Waals surface area contributed by atoms with Crippen LogP contribution in [0, 0.1) is 0 Å². The number of benzene rings is 2. The van der Waals surface area contributed by atoms with Gasteiger partial charge in [0.2, 0.25) is 5.91 Å². The van der Waals surface area contributed by atoms with Gasteiger partial charge in [-0.1, -0.05) is 6.92 Å². The summed E-state index contributed by atoms with van der Waals surface area (Å²) in [6, 6.07) is 14.5. The van der Waals surface area contributed by atoms with Crippen molar-refractivity contribution in [3.8, 4) is 5.75 Å². The van der Waals surface area contributed by atoms with Gasteiger partial charge in [-0.3, -0.25) is 4.79 Å². The summed E-state index contributed by atoms with van der Waals surface area (Å²) in [4.78, 5) is 43.3. The van der Waals surface area contributed by atoms with Crippen LogP contribution in [0.3, 0.4) is 0 Å². The van der Waals surface area contributed by atoms with Gasteiger partial charge >= 0.3 is 12.1 Å². The molecule has 38 heavy (non-hydrogen) atoms. The lowest BCUT2D eigenvalue weighted by Gasteiger charge is -2.36. The SMILES string of the molecule is CCCN(CC(=O)Nc1ccc(N2CCN(C(=O)Nc3ccc(OC)cc3)CC2)cc1)C(=O)NC(C)(C)C. The van der Waals surface area contributed by atoms with Gasteiger partial charge in [-0.15, -0.1) is 0 Å². The van der Waals surface area contributed by atoms with Crippen molar-refractivity contribution in [2.45, 2.75) is 39.7 Å². The highest BCUT2D eigenvalue weighted by Gasteiger charge is 2.23. The third-order valence-corrected chi connectivity index (χ3v) is 6.02. The molecule has 0 bridgehead atoms. The molecule has 10 heteroatoms. The van der Waals surface area contributed by atoms with E-state index in [2.05, 4.69) is 20.9 Å². The number of anilines is 3. The number of methoxy groups -OCH3 is 1. The highest BCUT2D eigenvalue weighted by molar-refractivity contribution is 5.94. The predicted octanol–water partition coefficient (Wildman–Crippen LogP) is 4.21. The second kappa shape index (κ2) is 13.0. The van der Waals surface area contributed by atoms with Gasteiger partial charge in [0.15, 0.2) is 0 Å². The highest BCUT2D eigenvalue weighted by Crippen LogP contribution is 2.21. The Morgan fingerprint density at radius 1 is 0.895 bits per heavy atom. The first-order chi connectivity index (χ1) is 18.1. The number of rotatable bonds is 8. The quantitative estimate of drug-likeness (QED) is 0.480. The molecule has 0 radical (unpaired) electrons. The first kappa shape index (κ1) is 28.6. The summed E-state index contributed by atoms with van der Waals surface area (Å²) >= 11 is 0. The van der Waals surface area contributed by atoms with Crippen LogP contribution < -0.4 is 25.6 Å². The number of urea groups is 2. The first-order valence-electron chi connectivity index (χ1n) is 13.0. The first-order valence-corrected chi connectivity index (χ1v) is 13.0. The molecule has 2 aromatic carbocycles. The van der Waals surface area contributed by atoms with E-state index in [1.165, 1.54) is 4.90 Å². The fraction of sp³-hybridized carbons (Fsp3) is 0.464. The zero-order chi connectivity index (χ0) is 27.7. The molecule has 10 nitrogen and oxygen atoms in total. The van der Waals surface area contributed by atoms with Crippen LogP contribution >= 0.6 is 0 Å². The second-order valence-corrected chi connectivity index (χ2v) is 10.3. The molecule has 0 spiro atoms. The zero-order valence-electron chi connectivity index (χ0n) is 23.0. The zero-order valence-corrected chi connectivity index (χ0v) is 23.0. The average Bonchev–Trinajstić information content (AvgIpc) is 2.88. The standard InChI is InChI=1S/C28H40N6O4/c1-6-15-34(27(37)31-28(2,3)4)20-25(35)29-21-7-11-23(12-8-21)32-16-18-33(19-17-32)26(36)30-22-9-13-24(38-5)14-10-22/h7-14H,6,15-20H2,1-5H3,(H,29,35)(H,30,36)(H,31,37). The molecule has 0 unspecified atom stereocenters. The van der Waals surface area contributed by atoms with Crippen LogP contribution in [0.1, 0.15) is 34.1 Å². The third-order valence-electron chi connectivity index (χ3n) is 6.02. The molecule has 3 rings (SSSR count). The van der Waals surface area contributed by atoms with Gasteiger partial charge < -0.3 is 35.4 Å². The minimum Gasteiger partial charge on any atom is -0.497 e. The largest absolute Gasteiger partial charge is 0.497 e. The smallest absolute Gasteiger partial charge is 0.321 e. The number of ether oxygens (including phenoxy) is 1.